The van der Waals surface area contributed by atoms with Crippen molar-refractivity contribution in [2.45, 2.75) is 19.2 Å². The van der Waals surface area contributed by atoms with Crippen LogP contribution in [0.5, 0.6) is 6.01 Å². The second-order valence-corrected chi connectivity index (χ2v) is 4.39. The molecule has 9 heteroatoms. The second kappa shape index (κ2) is 6.04. The molecule has 0 saturated heterocycles. The Morgan fingerprint density at radius 3 is 2.77 bits per heavy atom. The molecule has 0 aliphatic rings. The molecule has 22 heavy (non-hydrogen) atoms. The van der Waals surface area contributed by atoms with Gasteiger partial charge in [0.1, 0.15) is 6.33 Å². The van der Waals surface area contributed by atoms with E-state index in [2.05, 4.69) is 15.4 Å². The lowest BCUT2D eigenvalue weighted by Gasteiger charge is -2.09. The number of alkyl halides is 3. The van der Waals surface area contributed by atoms with E-state index in [1.54, 1.807) is 0 Å². The molecule has 1 aromatic carbocycles. The van der Waals surface area contributed by atoms with Crippen LogP contribution in [0.15, 0.2) is 30.6 Å². The summed E-state index contributed by atoms with van der Waals surface area (Å²) in [5.74, 6) is -0.365. The maximum atomic E-state index is 12.7. The summed E-state index contributed by atoms with van der Waals surface area (Å²) in [6.45, 7) is 1.50. The largest absolute Gasteiger partial charge is 0.449 e. The van der Waals surface area contributed by atoms with E-state index in [4.69, 9.17) is 4.74 Å². The maximum Gasteiger partial charge on any atom is 0.416 e. The van der Waals surface area contributed by atoms with Crippen LogP contribution in [-0.4, -0.2) is 33.8 Å². The molecule has 1 heterocycles. The van der Waals surface area contributed by atoms with Crippen LogP contribution < -0.4 is 10.1 Å². The molecule has 118 valence electrons. The summed E-state index contributed by atoms with van der Waals surface area (Å²) in [5.41, 5.74) is -0.605. The lowest BCUT2D eigenvalue weighted by molar-refractivity contribution is -0.137. The number of carbonyl (C=O) groups excluding carboxylic acids is 1. The molecule has 0 aliphatic heterocycles. The van der Waals surface area contributed by atoms with Gasteiger partial charge >= 0.3 is 12.2 Å². The highest BCUT2D eigenvalue weighted by molar-refractivity contribution is 5.80. The monoisotopic (exact) mass is 314 g/mol. The zero-order valence-electron chi connectivity index (χ0n) is 11.8. The van der Waals surface area contributed by atoms with Gasteiger partial charge in [-0.25, -0.2) is 4.68 Å². The number of aromatic nitrogens is 3. The standard InChI is InChI=1S/C13H13F3N4O2/c1-8(11(21)17-2)22-12-18-7-20(19-12)10-5-3-4-9(6-10)13(14,15)16/h3-8H,1-2H3,(H,17,21). The van der Waals surface area contributed by atoms with E-state index in [1.807, 2.05) is 0 Å². The Bertz CT molecular complexity index is 669. The van der Waals surface area contributed by atoms with E-state index < -0.39 is 17.8 Å². The third-order valence-corrected chi connectivity index (χ3v) is 2.81. The third-order valence-electron chi connectivity index (χ3n) is 2.81. The Hall–Kier alpha value is -2.58. The zero-order valence-corrected chi connectivity index (χ0v) is 11.8. The van der Waals surface area contributed by atoms with Crippen LogP contribution in [0.3, 0.4) is 0 Å². The van der Waals surface area contributed by atoms with Crippen LogP contribution in [0.1, 0.15) is 12.5 Å². The molecule has 0 spiro atoms. The van der Waals surface area contributed by atoms with Crippen LogP contribution in [0.4, 0.5) is 13.2 Å². The predicted octanol–water partition coefficient (Wildman–Crippen LogP) is 1.80. The number of nitrogens with one attached hydrogen (secondary N) is 1. The number of benzene rings is 1. The van der Waals surface area contributed by atoms with Crippen LogP contribution >= 0.6 is 0 Å². The maximum absolute atomic E-state index is 12.7. The van der Waals surface area contributed by atoms with E-state index in [1.165, 1.54) is 32.4 Å². The fraction of sp³-hybridized carbons (Fsp3) is 0.308. The normalized spacial score (nSPS) is 12.8. The molecule has 2 rings (SSSR count). The third kappa shape index (κ3) is 3.54. The first kappa shape index (κ1) is 15.8. The van der Waals surface area contributed by atoms with Crippen LogP contribution in [0, 0.1) is 0 Å². The van der Waals surface area contributed by atoms with E-state index in [0.717, 1.165) is 16.8 Å². The lowest BCUT2D eigenvalue weighted by Crippen LogP contribution is -2.34. The number of hydrogen-bond acceptors (Lipinski definition) is 4. The highest BCUT2D eigenvalue weighted by Crippen LogP contribution is 2.30. The van der Waals surface area contributed by atoms with Gasteiger partial charge in [-0.3, -0.25) is 4.79 Å². The Morgan fingerprint density at radius 1 is 1.41 bits per heavy atom. The summed E-state index contributed by atoms with van der Waals surface area (Å²) < 4.78 is 44.4. The van der Waals surface area contributed by atoms with Crippen molar-refractivity contribution in [3.8, 4) is 11.7 Å². The van der Waals surface area contributed by atoms with Crippen molar-refractivity contribution in [1.82, 2.24) is 20.1 Å². The molecule has 0 fully saturated rings. The van der Waals surface area contributed by atoms with Gasteiger partial charge in [-0.1, -0.05) is 6.07 Å². The number of ether oxygens (including phenoxy) is 1. The summed E-state index contributed by atoms with van der Waals surface area (Å²) in [4.78, 5) is 15.1. The van der Waals surface area contributed by atoms with Gasteiger partial charge in [0.2, 0.25) is 0 Å². The average molecular weight is 314 g/mol. The Balaban J connectivity index is 2.20. The number of rotatable bonds is 4. The van der Waals surface area contributed by atoms with Crippen molar-refractivity contribution in [3.63, 3.8) is 0 Å². The van der Waals surface area contributed by atoms with Crippen molar-refractivity contribution < 1.29 is 22.7 Å². The van der Waals surface area contributed by atoms with Crippen molar-refractivity contribution >= 4 is 5.91 Å². The Kier molecular flexibility index (Phi) is 4.34. The van der Waals surface area contributed by atoms with E-state index >= 15 is 0 Å². The minimum absolute atomic E-state index is 0.103. The first-order valence-corrected chi connectivity index (χ1v) is 6.29. The minimum atomic E-state index is -4.44. The molecule has 0 bridgehead atoms. The first-order chi connectivity index (χ1) is 10.3. The molecule has 1 atom stereocenters. The first-order valence-electron chi connectivity index (χ1n) is 6.29. The van der Waals surface area contributed by atoms with Crippen molar-refractivity contribution in [1.29, 1.82) is 0 Å². The highest BCUT2D eigenvalue weighted by atomic mass is 19.4. The number of carbonyl (C=O) groups is 1. The lowest BCUT2D eigenvalue weighted by atomic mass is 10.2. The molecule has 1 aromatic heterocycles. The van der Waals surface area contributed by atoms with E-state index in [9.17, 15) is 18.0 Å². The molecule has 0 aliphatic carbocycles. The van der Waals surface area contributed by atoms with Gasteiger partial charge in [0.15, 0.2) is 6.10 Å². The average Bonchev–Trinajstić information content (AvgIpc) is 2.94. The molecule has 0 radical (unpaired) electrons. The quantitative estimate of drug-likeness (QED) is 0.934. The fourth-order valence-electron chi connectivity index (χ4n) is 1.67. The smallest absolute Gasteiger partial charge is 0.416 e. The van der Waals surface area contributed by atoms with Gasteiger partial charge in [0.05, 0.1) is 11.3 Å². The number of halogens is 3. The van der Waals surface area contributed by atoms with Gasteiger partial charge in [-0.05, 0) is 25.1 Å². The summed E-state index contributed by atoms with van der Waals surface area (Å²) in [6, 6.07) is 4.53. The molecular weight excluding hydrogens is 301 g/mol. The van der Waals surface area contributed by atoms with Crippen LogP contribution in [0.25, 0.3) is 5.69 Å². The molecule has 2 aromatic rings. The molecular formula is C13H13F3N4O2. The molecule has 1 amide bonds. The number of likely N-dealkylation sites (N-methyl/N-ethyl adjacent to an activating group) is 1. The summed E-state index contributed by atoms with van der Waals surface area (Å²) in [6.07, 6.45) is -4.05. The van der Waals surface area contributed by atoms with Crippen molar-refractivity contribution in [3.05, 3.63) is 36.2 Å². The molecule has 1 N–H and O–H groups in total. The number of nitrogens with zero attached hydrogens (tertiary/aromatic N) is 3. The van der Waals surface area contributed by atoms with Gasteiger partial charge in [0.25, 0.3) is 5.91 Å². The Morgan fingerprint density at radius 2 is 2.14 bits per heavy atom. The summed E-state index contributed by atoms with van der Waals surface area (Å²) in [7, 11) is 1.46. The second-order valence-electron chi connectivity index (χ2n) is 4.39. The van der Waals surface area contributed by atoms with Gasteiger partial charge in [-0.15, -0.1) is 5.10 Å². The molecule has 6 nitrogen and oxygen atoms in total. The minimum Gasteiger partial charge on any atom is -0.449 e. The number of amides is 1. The van der Waals surface area contributed by atoms with Crippen molar-refractivity contribution in [2.75, 3.05) is 7.05 Å². The summed E-state index contributed by atoms with van der Waals surface area (Å²) >= 11 is 0. The molecule has 1 unspecified atom stereocenters. The van der Waals surface area contributed by atoms with E-state index in [-0.39, 0.29) is 17.6 Å². The summed E-state index contributed by atoms with van der Waals surface area (Å²) in [5, 5.41) is 6.29. The predicted molar refractivity (Wildman–Crippen MR) is 70.5 cm³/mol. The Labute approximate surface area is 123 Å². The number of hydrogen-bond donors (Lipinski definition) is 1. The zero-order chi connectivity index (χ0) is 16.3. The van der Waals surface area contributed by atoms with E-state index in [0.29, 0.717) is 0 Å². The van der Waals surface area contributed by atoms with Crippen LogP contribution in [-0.2, 0) is 11.0 Å². The fourth-order valence-corrected chi connectivity index (χ4v) is 1.67. The van der Waals surface area contributed by atoms with Crippen molar-refractivity contribution in [2.24, 2.45) is 0 Å². The topological polar surface area (TPSA) is 69.0 Å². The van der Waals surface area contributed by atoms with Gasteiger partial charge in [0, 0.05) is 7.05 Å². The molecule has 0 saturated carbocycles. The van der Waals surface area contributed by atoms with Gasteiger partial charge in [-0.2, -0.15) is 18.2 Å². The van der Waals surface area contributed by atoms with Gasteiger partial charge < -0.3 is 10.1 Å². The SMILES string of the molecule is CNC(=O)C(C)Oc1ncn(-c2cccc(C(F)(F)F)c2)n1. The van der Waals surface area contributed by atoms with Crippen LogP contribution in [0.2, 0.25) is 0 Å². The highest BCUT2D eigenvalue weighted by Gasteiger charge is 2.30.